The molecule has 0 aliphatic heterocycles. The van der Waals surface area contributed by atoms with Crippen LogP contribution < -0.4 is 0 Å². The van der Waals surface area contributed by atoms with Crippen molar-refractivity contribution in [3.63, 3.8) is 0 Å². The smallest absolute Gasteiger partial charge is 0.185 e. The lowest BCUT2D eigenvalue weighted by Crippen LogP contribution is -2.17. The Morgan fingerprint density at radius 2 is 1.56 bits per heavy atom. The van der Waals surface area contributed by atoms with Crippen LogP contribution in [-0.2, 0) is 6.16 Å². The fourth-order valence-electron chi connectivity index (χ4n) is 4.20. The van der Waals surface area contributed by atoms with Gasteiger partial charge in [0.1, 0.15) is 0 Å². The highest BCUT2D eigenvalue weighted by Gasteiger charge is 2.31. The van der Waals surface area contributed by atoms with E-state index in [-0.39, 0.29) is 0 Å². The van der Waals surface area contributed by atoms with Crippen LogP contribution in [0.2, 0.25) is 0 Å². The van der Waals surface area contributed by atoms with E-state index in [1.165, 1.54) is 43.2 Å². The average Bonchev–Trinajstić information content (AvgIpc) is 2.60. The highest BCUT2D eigenvalue weighted by atomic mass is 31.1. The van der Waals surface area contributed by atoms with Gasteiger partial charge >= 0.3 is 0 Å². The second kappa shape index (κ2) is 8.28. The van der Waals surface area contributed by atoms with Gasteiger partial charge in [-0.2, -0.15) is 0 Å². The maximum atomic E-state index is 13.6. The van der Waals surface area contributed by atoms with Crippen molar-refractivity contribution in [2.75, 3.05) is 0 Å². The molecule has 1 fully saturated rings. The zero-order valence-electron chi connectivity index (χ0n) is 15.7. The lowest BCUT2D eigenvalue weighted by Gasteiger charge is -2.30. The van der Waals surface area contributed by atoms with Crippen molar-refractivity contribution >= 4 is 13.4 Å². The molecule has 0 amide bonds. The lowest BCUT2D eigenvalue weighted by molar-refractivity contribution is 0.107. The van der Waals surface area contributed by atoms with Gasteiger partial charge in [-0.3, -0.25) is 4.79 Å². The molecule has 1 saturated carbocycles. The zero-order chi connectivity index (χ0) is 17.8. The van der Waals surface area contributed by atoms with Crippen LogP contribution in [0.1, 0.15) is 64.7 Å². The average molecular weight is 352 g/mol. The van der Waals surface area contributed by atoms with E-state index >= 15 is 0 Å². The van der Waals surface area contributed by atoms with Gasteiger partial charge < -0.3 is 0 Å². The quantitative estimate of drug-likeness (QED) is 0.543. The molecule has 1 aliphatic carbocycles. The summed E-state index contributed by atoms with van der Waals surface area (Å²) in [7, 11) is -0.674. The number of carbonyl (C=O) groups excluding carboxylic acids is 1. The Morgan fingerprint density at radius 3 is 2.16 bits per heavy atom. The van der Waals surface area contributed by atoms with Gasteiger partial charge in [-0.05, 0) is 63.9 Å². The molecule has 0 radical (unpaired) electrons. The molecule has 3 rings (SSSR count). The SMILES string of the molecule is Cc1cc(C)c(C(=O)P(Cc2ccccc2)C2CCCCC2)c(C)c1. The minimum Gasteiger partial charge on any atom is -0.289 e. The Balaban J connectivity index is 1.94. The lowest BCUT2D eigenvalue weighted by atomic mass is 10.0. The summed E-state index contributed by atoms with van der Waals surface area (Å²) in [5, 5.41) is 0. The molecular weight excluding hydrogens is 323 g/mol. The fourth-order valence-corrected chi connectivity index (χ4v) is 7.17. The topological polar surface area (TPSA) is 17.1 Å². The minimum atomic E-state index is -0.674. The molecule has 25 heavy (non-hydrogen) atoms. The standard InChI is InChI=1S/C23H29OP/c1-17-14-18(2)22(19(3)15-17)23(24)25(21-12-8-5-9-13-21)16-20-10-6-4-7-11-20/h4,6-7,10-11,14-15,21H,5,8-9,12-13,16H2,1-3H3. The second-order valence-corrected chi connectivity index (χ2v) is 9.88. The molecule has 0 spiro atoms. The molecule has 1 aliphatic rings. The summed E-state index contributed by atoms with van der Waals surface area (Å²) < 4.78 is 0. The fraction of sp³-hybridized carbons (Fsp3) is 0.435. The first-order valence-electron chi connectivity index (χ1n) is 9.49. The van der Waals surface area contributed by atoms with Crippen LogP contribution in [0, 0.1) is 20.8 Å². The largest absolute Gasteiger partial charge is 0.289 e. The third-order valence-electron chi connectivity index (χ3n) is 5.36. The monoisotopic (exact) mass is 352 g/mol. The molecule has 1 atom stereocenters. The number of hydrogen-bond donors (Lipinski definition) is 0. The molecular formula is C23H29OP. The number of hydrogen-bond acceptors (Lipinski definition) is 1. The first-order valence-corrected chi connectivity index (χ1v) is 11.1. The maximum absolute atomic E-state index is 13.6. The van der Waals surface area contributed by atoms with Crippen molar-refractivity contribution in [2.45, 2.75) is 64.7 Å². The Bertz CT molecular complexity index is 706. The van der Waals surface area contributed by atoms with Crippen molar-refractivity contribution in [3.05, 3.63) is 70.3 Å². The third kappa shape index (κ3) is 4.39. The molecule has 2 aromatic carbocycles. The van der Waals surface area contributed by atoms with Gasteiger partial charge in [0, 0.05) is 11.7 Å². The minimum absolute atomic E-state index is 0.431. The van der Waals surface area contributed by atoms with Crippen molar-refractivity contribution in [2.24, 2.45) is 0 Å². The van der Waals surface area contributed by atoms with E-state index in [9.17, 15) is 4.79 Å². The Morgan fingerprint density at radius 1 is 0.960 bits per heavy atom. The van der Waals surface area contributed by atoms with Gasteiger partial charge in [0.15, 0.2) is 5.52 Å². The van der Waals surface area contributed by atoms with Crippen LogP contribution >= 0.6 is 7.92 Å². The summed E-state index contributed by atoms with van der Waals surface area (Å²) in [4.78, 5) is 13.6. The van der Waals surface area contributed by atoms with E-state index in [0.717, 1.165) is 22.9 Å². The number of carbonyl (C=O) groups is 1. The molecule has 0 bridgehead atoms. The summed E-state index contributed by atoms with van der Waals surface area (Å²) in [5.41, 5.74) is 6.89. The van der Waals surface area contributed by atoms with E-state index in [2.05, 4.69) is 63.2 Å². The molecule has 0 heterocycles. The second-order valence-electron chi connectivity index (χ2n) is 7.48. The van der Waals surface area contributed by atoms with Crippen LogP contribution in [0.4, 0.5) is 0 Å². The van der Waals surface area contributed by atoms with Crippen LogP contribution in [-0.4, -0.2) is 11.2 Å². The van der Waals surface area contributed by atoms with E-state index in [0.29, 0.717) is 11.2 Å². The summed E-state index contributed by atoms with van der Waals surface area (Å²) in [5.74, 6) is 0. The van der Waals surface area contributed by atoms with Gasteiger partial charge in [0.25, 0.3) is 0 Å². The van der Waals surface area contributed by atoms with Crippen molar-refractivity contribution in [1.82, 2.24) is 0 Å². The van der Waals surface area contributed by atoms with Gasteiger partial charge in [-0.1, -0.05) is 67.3 Å². The van der Waals surface area contributed by atoms with Crippen LogP contribution in [0.3, 0.4) is 0 Å². The van der Waals surface area contributed by atoms with Gasteiger partial charge in [-0.25, -0.2) is 0 Å². The summed E-state index contributed by atoms with van der Waals surface area (Å²) >= 11 is 0. The molecule has 1 nitrogen and oxygen atoms in total. The van der Waals surface area contributed by atoms with Gasteiger partial charge in [-0.15, -0.1) is 0 Å². The van der Waals surface area contributed by atoms with Crippen molar-refractivity contribution in [1.29, 1.82) is 0 Å². The summed E-state index contributed by atoms with van der Waals surface area (Å²) in [6, 6.07) is 14.9. The molecule has 2 aromatic rings. The Labute approximate surface area is 153 Å². The summed E-state index contributed by atoms with van der Waals surface area (Å²) in [6.07, 6.45) is 7.31. The number of rotatable bonds is 5. The molecule has 0 aromatic heterocycles. The van der Waals surface area contributed by atoms with E-state index in [1.54, 1.807) is 0 Å². The summed E-state index contributed by atoms with van der Waals surface area (Å²) in [6.45, 7) is 6.32. The first kappa shape index (κ1) is 18.3. The van der Waals surface area contributed by atoms with Gasteiger partial charge in [0.2, 0.25) is 0 Å². The van der Waals surface area contributed by atoms with Crippen LogP contribution in [0.25, 0.3) is 0 Å². The molecule has 0 N–H and O–H groups in total. The predicted molar refractivity (Wildman–Crippen MR) is 109 cm³/mol. The highest BCUT2D eigenvalue weighted by Crippen LogP contribution is 2.53. The first-order chi connectivity index (χ1) is 12.1. The number of aryl methyl sites for hydroxylation is 3. The molecule has 2 heteroatoms. The molecule has 0 saturated heterocycles. The van der Waals surface area contributed by atoms with E-state index in [1.807, 2.05) is 0 Å². The highest BCUT2D eigenvalue weighted by molar-refractivity contribution is 7.75. The molecule has 1 unspecified atom stereocenters. The van der Waals surface area contributed by atoms with Gasteiger partial charge in [0.05, 0.1) is 0 Å². The van der Waals surface area contributed by atoms with Crippen LogP contribution in [0.15, 0.2) is 42.5 Å². The normalized spacial score (nSPS) is 16.6. The predicted octanol–water partition coefficient (Wildman–Crippen LogP) is 6.77. The number of benzene rings is 2. The maximum Gasteiger partial charge on any atom is 0.185 e. The van der Waals surface area contributed by atoms with E-state index < -0.39 is 7.92 Å². The van der Waals surface area contributed by atoms with E-state index in [4.69, 9.17) is 0 Å². The zero-order valence-corrected chi connectivity index (χ0v) is 16.6. The third-order valence-corrected chi connectivity index (χ3v) is 8.21. The Kier molecular flexibility index (Phi) is 6.07. The van der Waals surface area contributed by atoms with Crippen molar-refractivity contribution in [3.8, 4) is 0 Å². The van der Waals surface area contributed by atoms with Crippen LogP contribution in [0.5, 0.6) is 0 Å². The Hall–Kier alpha value is -1.46. The molecule has 132 valence electrons. The van der Waals surface area contributed by atoms with Crippen molar-refractivity contribution < 1.29 is 4.79 Å².